The van der Waals surface area contributed by atoms with Gasteiger partial charge in [-0.3, -0.25) is 9.78 Å². The van der Waals surface area contributed by atoms with E-state index in [4.69, 9.17) is 10.5 Å². The molecule has 0 aliphatic carbocycles. The van der Waals surface area contributed by atoms with Crippen LogP contribution in [0.1, 0.15) is 28.9 Å². The molecule has 0 bridgehead atoms. The van der Waals surface area contributed by atoms with Crippen molar-refractivity contribution in [3.8, 4) is 5.75 Å². The SMILES string of the molecule is Cc1ccc2nccc(N3CCC(O)(CN(C)C(=O)c4ccc(OCCN)cc4)CC3)c2n1. The molecule has 1 aliphatic rings. The molecule has 1 fully saturated rings. The Labute approximate surface area is 194 Å². The predicted octanol–water partition coefficient (Wildman–Crippen LogP) is 2.38. The fourth-order valence-corrected chi connectivity index (χ4v) is 4.29. The molecule has 2 aromatic heterocycles. The predicted molar refractivity (Wildman–Crippen MR) is 129 cm³/mol. The second-order valence-corrected chi connectivity index (χ2v) is 8.68. The number of aromatic nitrogens is 2. The van der Waals surface area contributed by atoms with Gasteiger partial charge in [-0.2, -0.15) is 0 Å². The van der Waals surface area contributed by atoms with Crippen molar-refractivity contribution < 1.29 is 14.6 Å². The highest BCUT2D eigenvalue weighted by Crippen LogP contribution is 2.30. The second kappa shape index (κ2) is 9.72. The first-order valence-electron chi connectivity index (χ1n) is 11.3. The number of fused-ring (bicyclic) bond motifs is 1. The number of nitrogens with zero attached hydrogens (tertiary/aromatic N) is 4. The van der Waals surface area contributed by atoms with Crippen LogP contribution in [0.3, 0.4) is 0 Å². The average molecular weight is 450 g/mol. The highest BCUT2D eigenvalue weighted by molar-refractivity contribution is 5.94. The number of ether oxygens (including phenoxy) is 1. The van der Waals surface area contributed by atoms with Gasteiger partial charge in [0.2, 0.25) is 0 Å². The summed E-state index contributed by atoms with van der Waals surface area (Å²) in [6.07, 6.45) is 2.92. The number of likely N-dealkylation sites (N-methyl/N-ethyl adjacent to an activating group) is 1. The summed E-state index contributed by atoms with van der Waals surface area (Å²) in [5, 5.41) is 11.2. The number of anilines is 1. The van der Waals surface area contributed by atoms with Crippen molar-refractivity contribution in [3.63, 3.8) is 0 Å². The molecule has 3 heterocycles. The number of hydrogen-bond acceptors (Lipinski definition) is 7. The van der Waals surface area contributed by atoms with Crippen LogP contribution in [0, 0.1) is 6.92 Å². The van der Waals surface area contributed by atoms with E-state index in [1.54, 1.807) is 42.4 Å². The zero-order valence-electron chi connectivity index (χ0n) is 19.2. The molecule has 0 saturated carbocycles. The Bertz CT molecular complexity index is 1110. The summed E-state index contributed by atoms with van der Waals surface area (Å²) in [6, 6.07) is 12.9. The Balaban J connectivity index is 1.38. The number of carbonyl (C=O) groups is 1. The topological polar surface area (TPSA) is 105 Å². The number of rotatable bonds is 7. The molecule has 1 amide bonds. The number of benzene rings is 1. The molecule has 8 heteroatoms. The molecule has 0 atom stereocenters. The minimum Gasteiger partial charge on any atom is -0.492 e. The summed E-state index contributed by atoms with van der Waals surface area (Å²) >= 11 is 0. The number of aliphatic hydroxyl groups is 1. The van der Waals surface area contributed by atoms with Gasteiger partial charge in [-0.15, -0.1) is 0 Å². The summed E-state index contributed by atoms with van der Waals surface area (Å²) in [6.45, 7) is 4.48. The lowest BCUT2D eigenvalue weighted by molar-refractivity contribution is -0.00799. The Morgan fingerprint density at radius 3 is 2.61 bits per heavy atom. The number of amides is 1. The first-order valence-corrected chi connectivity index (χ1v) is 11.3. The third-order valence-corrected chi connectivity index (χ3v) is 6.10. The molecule has 0 radical (unpaired) electrons. The van der Waals surface area contributed by atoms with E-state index in [0.29, 0.717) is 50.4 Å². The molecule has 8 nitrogen and oxygen atoms in total. The van der Waals surface area contributed by atoms with Crippen LogP contribution in [0.4, 0.5) is 5.69 Å². The lowest BCUT2D eigenvalue weighted by atomic mass is 9.90. The molecule has 1 aromatic carbocycles. The van der Waals surface area contributed by atoms with Crippen molar-refractivity contribution in [2.24, 2.45) is 5.73 Å². The number of carbonyl (C=O) groups excluding carboxylic acids is 1. The van der Waals surface area contributed by atoms with Gasteiger partial charge in [-0.25, -0.2) is 4.98 Å². The normalized spacial score (nSPS) is 15.5. The van der Waals surface area contributed by atoms with E-state index in [0.717, 1.165) is 22.4 Å². The first-order chi connectivity index (χ1) is 15.9. The van der Waals surface area contributed by atoms with Crippen LogP contribution >= 0.6 is 0 Å². The minimum absolute atomic E-state index is 0.129. The number of hydrogen-bond donors (Lipinski definition) is 2. The van der Waals surface area contributed by atoms with E-state index in [-0.39, 0.29) is 12.5 Å². The van der Waals surface area contributed by atoms with Crippen LogP contribution in [0.2, 0.25) is 0 Å². The Hall–Kier alpha value is -3.23. The second-order valence-electron chi connectivity index (χ2n) is 8.68. The monoisotopic (exact) mass is 449 g/mol. The van der Waals surface area contributed by atoms with Crippen LogP contribution < -0.4 is 15.4 Å². The van der Waals surface area contributed by atoms with Crippen molar-refractivity contribution in [3.05, 3.63) is 59.9 Å². The summed E-state index contributed by atoms with van der Waals surface area (Å²) < 4.78 is 5.46. The van der Waals surface area contributed by atoms with Crippen LogP contribution in [-0.4, -0.2) is 71.3 Å². The lowest BCUT2D eigenvalue weighted by Crippen LogP contribution is -2.51. The maximum Gasteiger partial charge on any atom is 0.253 e. The number of aryl methyl sites for hydroxylation is 1. The molecule has 174 valence electrons. The maximum atomic E-state index is 12.9. The molecular weight excluding hydrogens is 418 g/mol. The summed E-state index contributed by atoms with van der Waals surface area (Å²) in [4.78, 5) is 25.8. The number of piperidine rings is 1. The van der Waals surface area contributed by atoms with Gasteiger partial charge < -0.3 is 25.4 Å². The minimum atomic E-state index is -0.933. The number of nitrogens with two attached hydrogens (primary N) is 1. The van der Waals surface area contributed by atoms with Gasteiger partial charge in [0, 0.05) is 50.7 Å². The molecular formula is C25H31N5O3. The highest BCUT2D eigenvalue weighted by Gasteiger charge is 2.35. The molecule has 4 rings (SSSR count). The molecule has 0 spiro atoms. The van der Waals surface area contributed by atoms with Crippen LogP contribution in [0.5, 0.6) is 5.75 Å². The standard InChI is InChI=1S/C25H31N5O3/c1-18-3-8-21-23(28-18)22(9-13-27-21)30-14-10-25(32,11-15-30)17-29(2)24(31)19-4-6-20(7-5-19)33-16-12-26/h3-9,13,32H,10-12,14-17,26H2,1-2H3. The maximum absolute atomic E-state index is 12.9. The summed E-state index contributed by atoms with van der Waals surface area (Å²) in [7, 11) is 1.73. The fourth-order valence-electron chi connectivity index (χ4n) is 4.29. The molecule has 1 saturated heterocycles. The molecule has 3 aromatic rings. The van der Waals surface area contributed by atoms with E-state index in [1.807, 2.05) is 25.1 Å². The van der Waals surface area contributed by atoms with Gasteiger partial charge in [0.25, 0.3) is 5.91 Å². The van der Waals surface area contributed by atoms with Crippen LogP contribution in [0.25, 0.3) is 11.0 Å². The number of pyridine rings is 2. The van der Waals surface area contributed by atoms with Crippen molar-refractivity contribution >= 4 is 22.6 Å². The Kier molecular flexibility index (Phi) is 6.76. The van der Waals surface area contributed by atoms with Crippen molar-refractivity contribution in [2.75, 3.05) is 44.7 Å². The summed E-state index contributed by atoms with van der Waals surface area (Å²) in [5.41, 5.74) is 8.81. The van der Waals surface area contributed by atoms with Gasteiger partial charge >= 0.3 is 0 Å². The Morgan fingerprint density at radius 2 is 1.91 bits per heavy atom. The summed E-state index contributed by atoms with van der Waals surface area (Å²) in [5.74, 6) is 0.551. The molecule has 3 N–H and O–H groups in total. The van der Waals surface area contributed by atoms with Gasteiger partial charge in [-0.05, 0) is 62.2 Å². The first kappa shape index (κ1) is 22.9. The van der Waals surface area contributed by atoms with E-state index in [9.17, 15) is 9.90 Å². The van der Waals surface area contributed by atoms with Gasteiger partial charge in [0.15, 0.2) is 0 Å². The zero-order valence-corrected chi connectivity index (χ0v) is 19.2. The van der Waals surface area contributed by atoms with Crippen molar-refractivity contribution in [2.45, 2.75) is 25.4 Å². The Morgan fingerprint density at radius 1 is 1.18 bits per heavy atom. The molecule has 33 heavy (non-hydrogen) atoms. The highest BCUT2D eigenvalue weighted by atomic mass is 16.5. The van der Waals surface area contributed by atoms with Crippen LogP contribution in [0.15, 0.2) is 48.7 Å². The van der Waals surface area contributed by atoms with Gasteiger partial charge in [0.05, 0.1) is 16.8 Å². The van der Waals surface area contributed by atoms with E-state index in [1.165, 1.54) is 0 Å². The third-order valence-electron chi connectivity index (χ3n) is 6.10. The van der Waals surface area contributed by atoms with Gasteiger partial charge in [-0.1, -0.05) is 0 Å². The zero-order chi connectivity index (χ0) is 23.4. The van der Waals surface area contributed by atoms with Crippen molar-refractivity contribution in [1.29, 1.82) is 0 Å². The molecule has 0 unspecified atom stereocenters. The smallest absolute Gasteiger partial charge is 0.253 e. The quantitative estimate of drug-likeness (QED) is 0.571. The van der Waals surface area contributed by atoms with Crippen molar-refractivity contribution in [1.82, 2.24) is 14.9 Å². The largest absolute Gasteiger partial charge is 0.492 e. The fraction of sp³-hybridized carbons (Fsp3) is 0.400. The lowest BCUT2D eigenvalue weighted by Gasteiger charge is -2.41. The van der Waals surface area contributed by atoms with E-state index < -0.39 is 5.60 Å². The van der Waals surface area contributed by atoms with E-state index in [2.05, 4.69) is 14.9 Å². The van der Waals surface area contributed by atoms with E-state index >= 15 is 0 Å². The average Bonchev–Trinajstić information content (AvgIpc) is 2.82. The third kappa shape index (κ3) is 5.23. The molecule has 1 aliphatic heterocycles. The van der Waals surface area contributed by atoms with Crippen LogP contribution in [-0.2, 0) is 0 Å². The van der Waals surface area contributed by atoms with Gasteiger partial charge in [0.1, 0.15) is 17.9 Å².